The number of carbonyl (C=O) groups excluding carboxylic acids is 1. The molecule has 0 atom stereocenters. The molecular formula is C19H19N7O2. The highest BCUT2D eigenvalue weighted by Crippen LogP contribution is 2.22. The van der Waals surface area contributed by atoms with E-state index < -0.39 is 0 Å². The molecule has 142 valence electrons. The second-order valence-corrected chi connectivity index (χ2v) is 6.51. The van der Waals surface area contributed by atoms with Gasteiger partial charge in [-0.1, -0.05) is 11.2 Å². The number of aryl methyl sites for hydroxylation is 1. The Labute approximate surface area is 161 Å². The molecule has 0 radical (unpaired) electrons. The number of nitrogens with zero attached hydrogens (tertiary/aromatic N) is 6. The number of aromatic nitrogens is 5. The van der Waals surface area contributed by atoms with Gasteiger partial charge in [-0.3, -0.25) is 9.20 Å². The van der Waals surface area contributed by atoms with Crippen LogP contribution in [0, 0.1) is 6.92 Å². The molecule has 0 saturated heterocycles. The van der Waals surface area contributed by atoms with Gasteiger partial charge in [-0.05, 0) is 37.3 Å². The van der Waals surface area contributed by atoms with Gasteiger partial charge in [-0.15, -0.1) is 10.2 Å². The maximum atomic E-state index is 12.5. The number of fused-ring (bicyclic) bond motifs is 1. The van der Waals surface area contributed by atoms with Gasteiger partial charge in [0.05, 0.1) is 12.1 Å². The SMILES string of the molecule is Cc1noc(-c2cccn3c(CNC(=O)c4cccc(N(C)C)c4)nnc23)n1. The van der Waals surface area contributed by atoms with Gasteiger partial charge >= 0.3 is 0 Å². The van der Waals surface area contributed by atoms with Crippen molar-refractivity contribution in [3.63, 3.8) is 0 Å². The Morgan fingerprint density at radius 3 is 2.82 bits per heavy atom. The summed E-state index contributed by atoms with van der Waals surface area (Å²) >= 11 is 0. The van der Waals surface area contributed by atoms with Crippen molar-refractivity contribution < 1.29 is 9.32 Å². The van der Waals surface area contributed by atoms with E-state index in [9.17, 15) is 4.79 Å². The van der Waals surface area contributed by atoms with E-state index in [4.69, 9.17) is 4.52 Å². The van der Waals surface area contributed by atoms with Crippen molar-refractivity contribution in [3.05, 3.63) is 59.8 Å². The highest BCUT2D eigenvalue weighted by molar-refractivity contribution is 5.95. The largest absolute Gasteiger partial charge is 0.378 e. The molecule has 0 aliphatic heterocycles. The zero-order chi connectivity index (χ0) is 19.7. The van der Waals surface area contributed by atoms with Crippen LogP contribution in [0.3, 0.4) is 0 Å². The van der Waals surface area contributed by atoms with E-state index in [2.05, 4.69) is 25.7 Å². The van der Waals surface area contributed by atoms with E-state index in [0.717, 1.165) is 5.69 Å². The summed E-state index contributed by atoms with van der Waals surface area (Å²) in [4.78, 5) is 18.7. The molecule has 0 aliphatic rings. The summed E-state index contributed by atoms with van der Waals surface area (Å²) in [7, 11) is 3.86. The van der Waals surface area contributed by atoms with Gasteiger partial charge < -0.3 is 14.7 Å². The maximum Gasteiger partial charge on any atom is 0.261 e. The van der Waals surface area contributed by atoms with Gasteiger partial charge in [-0.25, -0.2) is 0 Å². The zero-order valence-electron chi connectivity index (χ0n) is 15.7. The van der Waals surface area contributed by atoms with E-state index in [1.807, 2.05) is 55.5 Å². The minimum absolute atomic E-state index is 0.177. The molecule has 1 aromatic carbocycles. The van der Waals surface area contributed by atoms with Crippen molar-refractivity contribution in [2.24, 2.45) is 0 Å². The van der Waals surface area contributed by atoms with Crippen LogP contribution in [-0.2, 0) is 6.54 Å². The molecular weight excluding hydrogens is 358 g/mol. The minimum Gasteiger partial charge on any atom is -0.378 e. The number of nitrogens with one attached hydrogen (secondary N) is 1. The Hall–Kier alpha value is -3.75. The summed E-state index contributed by atoms with van der Waals surface area (Å²) in [6.45, 7) is 1.99. The molecule has 0 aliphatic carbocycles. The molecule has 0 fully saturated rings. The number of amides is 1. The van der Waals surface area contributed by atoms with Crippen LogP contribution in [-0.4, -0.2) is 44.7 Å². The van der Waals surface area contributed by atoms with Crippen LogP contribution in [0.25, 0.3) is 17.1 Å². The fourth-order valence-electron chi connectivity index (χ4n) is 2.84. The standard InChI is InChI=1S/C19H19N7O2/c1-12-21-19(28-24-12)15-8-5-9-26-16(22-23-17(15)26)11-20-18(27)13-6-4-7-14(10-13)25(2)3/h4-10H,11H2,1-3H3,(H,20,27). The lowest BCUT2D eigenvalue weighted by atomic mass is 10.2. The van der Waals surface area contributed by atoms with Crippen molar-refractivity contribution in [3.8, 4) is 11.5 Å². The van der Waals surface area contributed by atoms with Crippen molar-refractivity contribution in [1.29, 1.82) is 0 Å². The third kappa shape index (κ3) is 3.29. The monoisotopic (exact) mass is 377 g/mol. The maximum absolute atomic E-state index is 12.5. The molecule has 9 heteroatoms. The van der Waals surface area contributed by atoms with Gasteiger partial charge in [0.15, 0.2) is 17.3 Å². The molecule has 0 spiro atoms. The zero-order valence-corrected chi connectivity index (χ0v) is 15.7. The first-order valence-electron chi connectivity index (χ1n) is 8.72. The fourth-order valence-corrected chi connectivity index (χ4v) is 2.84. The molecule has 0 saturated carbocycles. The number of carbonyl (C=O) groups is 1. The number of hydrogen-bond donors (Lipinski definition) is 1. The Morgan fingerprint density at radius 2 is 2.07 bits per heavy atom. The lowest BCUT2D eigenvalue weighted by Gasteiger charge is -2.13. The smallest absolute Gasteiger partial charge is 0.261 e. The summed E-state index contributed by atoms with van der Waals surface area (Å²) in [5, 5.41) is 15.1. The van der Waals surface area contributed by atoms with Crippen LogP contribution in [0.4, 0.5) is 5.69 Å². The van der Waals surface area contributed by atoms with Crippen molar-refractivity contribution in [2.45, 2.75) is 13.5 Å². The van der Waals surface area contributed by atoms with E-state index in [0.29, 0.717) is 34.3 Å². The number of pyridine rings is 1. The number of rotatable bonds is 5. The van der Waals surface area contributed by atoms with Crippen LogP contribution < -0.4 is 10.2 Å². The first-order chi connectivity index (χ1) is 13.5. The highest BCUT2D eigenvalue weighted by Gasteiger charge is 2.16. The van der Waals surface area contributed by atoms with Gasteiger partial charge in [0.2, 0.25) is 0 Å². The van der Waals surface area contributed by atoms with Crippen molar-refractivity contribution in [2.75, 3.05) is 19.0 Å². The lowest BCUT2D eigenvalue weighted by molar-refractivity contribution is 0.0950. The Balaban J connectivity index is 1.56. The van der Waals surface area contributed by atoms with Gasteiger partial charge in [0.1, 0.15) is 0 Å². The summed E-state index contributed by atoms with van der Waals surface area (Å²) in [6.07, 6.45) is 1.83. The van der Waals surface area contributed by atoms with Gasteiger partial charge in [0.25, 0.3) is 11.8 Å². The predicted octanol–water partition coefficient (Wildman–Crippen LogP) is 2.08. The van der Waals surface area contributed by atoms with Crippen LogP contribution in [0.1, 0.15) is 22.0 Å². The molecule has 0 bridgehead atoms. The van der Waals surface area contributed by atoms with Crippen molar-refractivity contribution >= 4 is 17.2 Å². The quantitative estimate of drug-likeness (QED) is 0.568. The molecule has 4 rings (SSSR count). The Bertz CT molecular complexity index is 1150. The Morgan fingerprint density at radius 1 is 1.21 bits per heavy atom. The van der Waals surface area contributed by atoms with Gasteiger partial charge in [0, 0.05) is 31.5 Å². The second kappa shape index (κ2) is 7.10. The normalized spacial score (nSPS) is 11.0. The second-order valence-electron chi connectivity index (χ2n) is 6.51. The van der Waals surface area contributed by atoms with E-state index in [-0.39, 0.29) is 12.5 Å². The first kappa shape index (κ1) is 17.7. The van der Waals surface area contributed by atoms with Crippen LogP contribution in [0.15, 0.2) is 47.1 Å². The lowest BCUT2D eigenvalue weighted by Crippen LogP contribution is -2.24. The molecule has 1 N–H and O–H groups in total. The molecule has 1 amide bonds. The van der Waals surface area contributed by atoms with E-state index in [1.165, 1.54) is 0 Å². The summed E-state index contributed by atoms with van der Waals surface area (Å²) in [5.74, 6) is 1.35. The molecule has 3 aromatic heterocycles. The molecule has 3 heterocycles. The van der Waals surface area contributed by atoms with E-state index >= 15 is 0 Å². The van der Waals surface area contributed by atoms with Crippen molar-refractivity contribution in [1.82, 2.24) is 30.1 Å². The fraction of sp³-hybridized carbons (Fsp3) is 0.211. The highest BCUT2D eigenvalue weighted by atomic mass is 16.5. The van der Waals surface area contributed by atoms with E-state index in [1.54, 1.807) is 17.4 Å². The molecule has 0 unspecified atom stereocenters. The minimum atomic E-state index is -0.177. The molecule has 4 aromatic rings. The number of benzene rings is 1. The number of anilines is 1. The Kier molecular flexibility index (Phi) is 4.48. The third-order valence-electron chi connectivity index (χ3n) is 4.30. The first-order valence-corrected chi connectivity index (χ1v) is 8.72. The summed E-state index contributed by atoms with van der Waals surface area (Å²) < 4.78 is 7.04. The average Bonchev–Trinajstić information content (AvgIpc) is 3.32. The van der Waals surface area contributed by atoms with Crippen LogP contribution >= 0.6 is 0 Å². The molecule has 9 nitrogen and oxygen atoms in total. The average molecular weight is 377 g/mol. The van der Waals surface area contributed by atoms with Crippen LogP contribution in [0.5, 0.6) is 0 Å². The topological polar surface area (TPSA) is 101 Å². The summed E-state index contributed by atoms with van der Waals surface area (Å²) in [5.41, 5.74) is 2.82. The van der Waals surface area contributed by atoms with Crippen LogP contribution in [0.2, 0.25) is 0 Å². The third-order valence-corrected chi connectivity index (χ3v) is 4.30. The molecule has 28 heavy (non-hydrogen) atoms. The predicted molar refractivity (Wildman–Crippen MR) is 103 cm³/mol. The van der Waals surface area contributed by atoms with Gasteiger partial charge in [-0.2, -0.15) is 4.98 Å². The summed E-state index contributed by atoms with van der Waals surface area (Å²) in [6, 6.07) is 11.1. The number of hydrogen-bond acceptors (Lipinski definition) is 7.